The molecule has 0 bridgehead atoms. The van der Waals surface area contributed by atoms with Crippen LogP contribution in [0.2, 0.25) is 0 Å². The Morgan fingerprint density at radius 1 is 0.808 bits per heavy atom. The topological polar surface area (TPSA) is 47.7 Å². The number of benzene rings is 3. The number of hydrogen-bond donors (Lipinski definition) is 1. The Hall–Kier alpha value is -2.98. The highest BCUT2D eigenvalue weighted by Gasteiger charge is 2.35. The molecule has 3 aromatic rings. The molecule has 0 amide bonds. The van der Waals surface area contributed by atoms with Gasteiger partial charge in [-0.15, -0.1) is 0 Å². The predicted octanol–water partition coefficient (Wildman–Crippen LogP) is 4.73. The fraction of sp³-hybridized carbons (Fsp3) is 0.182. The van der Waals surface area contributed by atoms with Gasteiger partial charge in [-0.1, -0.05) is 44.2 Å². The molecule has 2 N–H and O–H groups in total. The summed E-state index contributed by atoms with van der Waals surface area (Å²) in [6, 6.07) is 20.8. The van der Waals surface area contributed by atoms with Gasteiger partial charge >= 0.3 is 0 Å². The first kappa shape index (κ1) is 15.3. The molecule has 4 heteroatoms. The molecule has 0 unspecified atom stereocenters. The molecular weight excluding hydrogens is 324 g/mol. The van der Waals surface area contributed by atoms with Gasteiger partial charge in [-0.3, -0.25) is 5.01 Å². The van der Waals surface area contributed by atoms with E-state index in [1.165, 1.54) is 22.3 Å². The number of hydrogen-bond acceptors (Lipinski definition) is 4. The minimum absolute atomic E-state index is 0.0440. The Balaban J connectivity index is 1.57. The van der Waals surface area contributed by atoms with Crippen molar-refractivity contribution >= 4 is 11.4 Å². The molecule has 0 fully saturated rings. The summed E-state index contributed by atoms with van der Waals surface area (Å²) in [7, 11) is 0. The second-order valence-electron chi connectivity index (χ2n) is 7.31. The first-order valence-electron chi connectivity index (χ1n) is 8.74. The summed E-state index contributed by atoms with van der Waals surface area (Å²) in [4.78, 5) is 0. The van der Waals surface area contributed by atoms with Gasteiger partial charge in [-0.05, 0) is 46.5 Å². The lowest BCUT2D eigenvalue weighted by Gasteiger charge is -2.24. The summed E-state index contributed by atoms with van der Waals surface area (Å²) in [5, 5.41) is 1.70. The van der Waals surface area contributed by atoms with E-state index in [-0.39, 0.29) is 12.2 Å². The zero-order chi connectivity index (χ0) is 17.9. The largest absolute Gasteiger partial charge is 0.454 e. The number of fused-ring (bicyclic) bond motifs is 4. The average Bonchev–Trinajstić information content (AvgIpc) is 3.22. The van der Waals surface area contributed by atoms with Gasteiger partial charge in [0.1, 0.15) is 0 Å². The third-order valence-corrected chi connectivity index (χ3v) is 5.48. The molecule has 5 rings (SSSR count). The Labute approximate surface area is 152 Å². The molecule has 1 aliphatic heterocycles. The van der Waals surface area contributed by atoms with E-state index in [1.807, 2.05) is 18.2 Å². The van der Waals surface area contributed by atoms with E-state index in [2.05, 4.69) is 56.3 Å². The highest BCUT2D eigenvalue weighted by atomic mass is 16.7. The fourth-order valence-electron chi connectivity index (χ4n) is 4.03. The molecule has 0 radical (unpaired) electrons. The van der Waals surface area contributed by atoms with Crippen molar-refractivity contribution in [3.63, 3.8) is 0 Å². The van der Waals surface area contributed by atoms with Crippen molar-refractivity contribution in [2.45, 2.75) is 19.3 Å². The van der Waals surface area contributed by atoms with Crippen molar-refractivity contribution in [2.24, 2.45) is 5.84 Å². The monoisotopic (exact) mass is 344 g/mol. The predicted molar refractivity (Wildman–Crippen MR) is 103 cm³/mol. The van der Waals surface area contributed by atoms with Crippen molar-refractivity contribution in [3.8, 4) is 22.6 Å². The van der Waals surface area contributed by atoms with Crippen LogP contribution in [0.1, 0.15) is 25.0 Å². The summed E-state index contributed by atoms with van der Waals surface area (Å²) in [6.07, 6.45) is 0. The quantitative estimate of drug-likeness (QED) is 0.539. The Bertz CT molecular complexity index is 1030. The number of nitrogens with zero attached hydrogens (tertiary/aromatic N) is 1. The van der Waals surface area contributed by atoms with E-state index < -0.39 is 0 Å². The molecule has 0 aromatic heterocycles. The maximum atomic E-state index is 6.44. The highest BCUT2D eigenvalue weighted by molar-refractivity contribution is 5.83. The van der Waals surface area contributed by atoms with Crippen LogP contribution in [0, 0.1) is 0 Å². The van der Waals surface area contributed by atoms with Gasteiger partial charge < -0.3 is 9.47 Å². The Morgan fingerprint density at radius 3 is 2.38 bits per heavy atom. The second kappa shape index (κ2) is 5.26. The first-order valence-corrected chi connectivity index (χ1v) is 8.74. The van der Waals surface area contributed by atoms with E-state index in [0.29, 0.717) is 0 Å². The number of nitrogens with two attached hydrogens (primary N) is 1. The van der Waals surface area contributed by atoms with Crippen molar-refractivity contribution in [2.75, 3.05) is 11.8 Å². The zero-order valence-corrected chi connectivity index (χ0v) is 14.8. The molecule has 3 aromatic carbocycles. The fourth-order valence-corrected chi connectivity index (χ4v) is 4.03. The number of rotatable bonds is 2. The normalized spacial score (nSPS) is 15.5. The molecule has 1 heterocycles. The third-order valence-electron chi connectivity index (χ3n) is 5.48. The summed E-state index contributed by atoms with van der Waals surface area (Å²) in [5.74, 6) is 7.92. The molecule has 0 saturated carbocycles. The highest BCUT2D eigenvalue weighted by Crippen LogP contribution is 2.49. The van der Waals surface area contributed by atoms with E-state index in [9.17, 15) is 0 Å². The third kappa shape index (κ3) is 2.06. The molecule has 4 nitrogen and oxygen atoms in total. The lowest BCUT2D eigenvalue weighted by Crippen LogP contribution is -2.25. The molecule has 0 spiro atoms. The summed E-state index contributed by atoms with van der Waals surface area (Å²) in [5.41, 5.74) is 7.02. The van der Waals surface area contributed by atoms with Gasteiger partial charge in [0.25, 0.3) is 0 Å². The van der Waals surface area contributed by atoms with Gasteiger partial charge in [0.2, 0.25) is 6.79 Å². The minimum Gasteiger partial charge on any atom is -0.454 e. The van der Waals surface area contributed by atoms with Crippen LogP contribution in [-0.4, -0.2) is 6.79 Å². The van der Waals surface area contributed by atoms with Gasteiger partial charge in [-0.2, -0.15) is 0 Å². The standard InChI is InChI=1S/C22H20N2O2/c1-22(2)18-6-4-3-5-16(18)17-9-7-14(11-19(17)22)24(23)15-8-10-20-21(12-15)26-13-25-20/h3-12H,13,23H2,1-2H3. The minimum atomic E-state index is -0.0440. The summed E-state index contributed by atoms with van der Waals surface area (Å²) >= 11 is 0. The number of anilines is 2. The van der Waals surface area contributed by atoms with Gasteiger partial charge in [0.05, 0.1) is 11.4 Å². The Morgan fingerprint density at radius 2 is 1.50 bits per heavy atom. The second-order valence-corrected chi connectivity index (χ2v) is 7.31. The molecule has 1 aliphatic carbocycles. The average molecular weight is 344 g/mol. The zero-order valence-electron chi connectivity index (χ0n) is 14.8. The smallest absolute Gasteiger partial charge is 0.231 e. The van der Waals surface area contributed by atoms with Crippen LogP contribution in [-0.2, 0) is 5.41 Å². The van der Waals surface area contributed by atoms with Crippen LogP contribution in [0.4, 0.5) is 11.4 Å². The molecule has 26 heavy (non-hydrogen) atoms. The van der Waals surface area contributed by atoms with Crippen molar-refractivity contribution in [3.05, 3.63) is 71.8 Å². The molecular formula is C22H20N2O2. The first-order chi connectivity index (χ1) is 12.6. The number of ether oxygens (including phenoxy) is 2. The molecule has 130 valence electrons. The van der Waals surface area contributed by atoms with Crippen LogP contribution >= 0.6 is 0 Å². The van der Waals surface area contributed by atoms with E-state index in [1.54, 1.807) is 5.01 Å². The summed E-state index contributed by atoms with van der Waals surface area (Å²) in [6.45, 7) is 4.79. The maximum absolute atomic E-state index is 6.44. The van der Waals surface area contributed by atoms with Crippen LogP contribution in [0.25, 0.3) is 11.1 Å². The van der Waals surface area contributed by atoms with E-state index >= 15 is 0 Å². The summed E-state index contributed by atoms with van der Waals surface area (Å²) < 4.78 is 10.9. The van der Waals surface area contributed by atoms with Crippen molar-refractivity contribution in [1.29, 1.82) is 0 Å². The van der Waals surface area contributed by atoms with Gasteiger partial charge in [-0.25, -0.2) is 5.84 Å². The van der Waals surface area contributed by atoms with Gasteiger partial charge in [0, 0.05) is 11.5 Å². The SMILES string of the molecule is CC1(C)c2ccccc2-c2ccc(N(N)c3ccc4c(c3)OCO4)cc21. The van der Waals surface area contributed by atoms with Crippen molar-refractivity contribution < 1.29 is 9.47 Å². The van der Waals surface area contributed by atoms with Gasteiger partial charge in [0.15, 0.2) is 11.5 Å². The molecule has 2 aliphatic rings. The lowest BCUT2D eigenvalue weighted by molar-refractivity contribution is 0.174. The van der Waals surface area contributed by atoms with Crippen LogP contribution in [0.15, 0.2) is 60.7 Å². The number of hydrazine groups is 1. The van der Waals surface area contributed by atoms with Crippen molar-refractivity contribution in [1.82, 2.24) is 0 Å². The van der Waals surface area contributed by atoms with Crippen LogP contribution < -0.4 is 20.3 Å². The van der Waals surface area contributed by atoms with E-state index in [0.717, 1.165) is 22.9 Å². The van der Waals surface area contributed by atoms with Crippen LogP contribution in [0.3, 0.4) is 0 Å². The van der Waals surface area contributed by atoms with E-state index in [4.69, 9.17) is 15.3 Å². The molecule has 0 atom stereocenters. The Kier molecular flexibility index (Phi) is 3.09. The molecule has 0 saturated heterocycles. The van der Waals surface area contributed by atoms with Crippen LogP contribution in [0.5, 0.6) is 11.5 Å². The maximum Gasteiger partial charge on any atom is 0.231 e. The lowest BCUT2D eigenvalue weighted by atomic mass is 9.82.